The number of aromatic nitrogens is 2. The maximum Gasteiger partial charge on any atom is 0.277 e. The zero-order valence-corrected chi connectivity index (χ0v) is 15.9. The van der Waals surface area contributed by atoms with Crippen LogP contribution in [0.2, 0.25) is 0 Å². The van der Waals surface area contributed by atoms with Gasteiger partial charge in [-0.05, 0) is 38.0 Å². The quantitative estimate of drug-likeness (QED) is 0.732. The van der Waals surface area contributed by atoms with Crippen molar-refractivity contribution in [1.82, 2.24) is 20.0 Å². The molecule has 1 saturated carbocycles. The summed E-state index contributed by atoms with van der Waals surface area (Å²) in [6.07, 6.45) is 8.83. The SMILES string of the molecule is O=C1CCCN1Cc1nnc(SCC(=O)N2CCCC3CCCCC32)o1. The Kier molecular flexibility index (Phi) is 5.47. The van der Waals surface area contributed by atoms with Gasteiger partial charge >= 0.3 is 0 Å². The van der Waals surface area contributed by atoms with E-state index in [2.05, 4.69) is 15.1 Å². The molecule has 0 radical (unpaired) electrons. The summed E-state index contributed by atoms with van der Waals surface area (Å²) in [6, 6.07) is 0.435. The van der Waals surface area contributed by atoms with E-state index in [-0.39, 0.29) is 11.8 Å². The fraction of sp³-hybridized carbons (Fsp3) is 0.778. The average Bonchev–Trinajstić information content (AvgIpc) is 3.29. The average molecular weight is 378 g/mol. The predicted molar refractivity (Wildman–Crippen MR) is 96.4 cm³/mol. The molecule has 0 N–H and O–H groups in total. The van der Waals surface area contributed by atoms with Gasteiger partial charge in [0.2, 0.25) is 17.7 Å². The first-order valence-electron chi connectivity index (χ1n) is 9.73. The van der Waals surface area contributed by atoms with Gasteiger partial charge in [-0.25, -0.2) is 0 Å². The van der Waals surface area contributed by atoms with E-state index in [1.54, 1.807) is 4.90 Å². The van der Waals surface area contributed by atoms with Gasteiger partial charge in [0.15, 0.2) is 0 Å². The maximum absolute atomic E-state index is 12.7. The third-order valence-corrected chi connectivity index (χ3v) is 6.63. The number of amides is 2. The van der Waals surface area contributed by atoms with Gasteiger partial charge in [0.1, 0.15) is 0 Å². The van der Waals surface area contributed by atoms with Crippen molar-refractivity contribution < 1.29 is 14.0 Å². The number of hydrogen-bond donors (Lipinski definition) is 0. The minimum Gasteiger partial charge on any atom is -0.414 e. The molecular weight excluding hydrogens is 352 g/mol. The molecule has 1 aromatic rings. The fourth-order valence-electron chi connectivity index (χ4n) is 4.54. The molecule has 142 valence electrons. The molecule has 7 nitrogen and oxygen atoms in total. The van der Waals surface area contributed by atoms with Gasteiger partial charge in [0.25, 0.3) is 5.22 Å². The normalized spacial score (nSPS) is 26.2. The molecule has 4 rings (SSSR count). The molecule has 0 spiro atoms. The van der Waals surface area contributed by atoms with E-state index in [0.29, 0.717) is 41.8 Å². The lowest BCUT2D eigenvalue weighted by atomic mass is 9.78. The molecule has 8 heteroatoms. The van der Waals surface area contributed by atoms with Crippen LogP contribution in [0.15, 0.2) is 9.64 Å². The smallest absolute Gasteiger partial charge is 0.277 e. The second-order valence-corrected chi connectivity index (χ2v) is 8.44. The number of fused-ring (bicyclic) bond motifs is 1. The molecule has 3 fully saturated rings. The molecule has 2 aliphatic heterocycles. The number of carbonyl (C=O) groups excluding carboxylic acids is 2. The Morgan fingerprint density at radius 2 is 1.96 bits per heavy atom. The molecule has 3 aliphatic rings. The van der Waals surface area contributed by atoms with Gasteiger partial charge in [-0.2, -0.15) is 0 Å². The summed E-state index contributed by atoms with van der Waals surface area (Å²) in [5, 5.41) is 8.45. The Balaban J connectivity index is 1.29. The van der Waals surface area contributed by atoms with Crippen LogP contribution in [0.1, 0.15) is 57.3 Å². The van der Waals surface area contributed by atoms with E-state index in [9.17, 15) is 9.59 Å². The Morgan fingerprint density at radius 3 is 2.81 bits per heavy atom. The fourth-order valence-corrected chi connectivity index (χ4v) is 5.20. The van der Waals surface area contributed by atoms with Gasteiger partial charge in [-0.1, -0.05) is 24.6 Å². The Labute approximate surface area is 157 Å². The molecule has 1 aliphatic carbocycles. The zero-order chi connectivity index (χ0) is 17.9. The first-order chi connectivity index (χ1) is 12.7. The minimum atomic E-state index is 0.139. The Bertz CT molecular complexity index is 663. The summed E-state index contributed by atoms with van der Waals surface area (Å²) >= 11 is 1.31. The van der Waals surface area contributed by atoms with Crippen LogP contribution in [0.5, 0.6) is 0 Å². The van der Waals surface area contributed by atoms with Gasteiger partial charge in [-0.3, -0.25) is 9.59 Å². The third kappa shape index (κ3) is 3.89. The van der Waals surface area contributed by atoms with Crippen molar-refractivity contribution in [2.75, 3.05) is 18.8 Å². The van der Waals surface area contributed by atoms with Crippen LogP contribution in [-0.2, 0) is 16.1 Å². The summed E-state index contributed by atoms with van der Waals surface area (Å²) < 4.78 is 5.61. The lowest BCUT2D eigenvalue weighted by molar-refractivity contribution is -0.134. The summed E-state index contributed by atoms with van der Waals surface area (Å²) in [5.74, 6) is 1.80. The molecular formula is C18H26N4O3S. The van der Waals surface area contributed by atoms with E-state index in [4.69, 9.17) is 4.42 Å². The molecule has 0 aromatic carbocycles. The highest BCUT2D eigenvalue weighted by Crippen LogP contribution is 2.35. The number of carbonyl (C=O) groups is 2. The highest BCUT2D eigenvalue weighted by atomic mass is 32.2. The number of nitrogens with zero attached hydrogens (tertiary/aromatic N) is 4. The van der Waals surface area contributed by atoms with Crippen LogP contribution < -0.4 is 0 Å². The van der Waals surface area contributed by atoms with Crippen molar-refractivity contribution >= 4 is 23.6 Å². The van der Waals surface area contributed by atoms with E-state index in [1.807, 2.05) is 0 Å². The van der Waals surface area contributed by atoms with Crippen LogP contribution in [0.4, 0.5) is 0 Å². The third-order valence-electron chi connectivity index (χ3n) is 5.83. The summed E-state index contributed by atoms with van der Waals surface area (Å²) in [6.45, 7) is 2.00. The first-order valence-corrected chi connectivity index (χ1v) is 10.7. The van der Waals surface area contributed by atoms with Crippen molar-refractivity contribution in [2.45, 2.75) is 69.2 Å². The highest BCUT2D eigenvalue weighted by molar-refractivity contribution is 7.99. The van der Waals surface area contributed by atoms with Gasteiger partial charge in [0, 0.05) is 25.6 Å². The first kappa shape index (κ1) is 17.8. The minimum absolute atomic E-state index is 0.139. The second kappa shape index (κ2) is 7.98. The van der Waals surface area contributed by atoms with Crippen molar-refractivity contribution in [2.24, 2.45) is 5.92 Å². The monoisotopic (exact) mass is 378 g/mol. The molecule has 1 aromatic heterocycles. The molecule has 2 atom stereocenters. The Hall–Kier alpha value is -1.57. The molecule has 26 heavy (non-hydrogen) atoms. The number of hydrogen-bond acceptors (Lipinski definition) is 6. The maximum atomic E-state index is 12.7. The van der Waals surface area contributed by atoms with E-state index in [1.165, 1.54) is 37.4 Å². The van der Waals surface area contributed by atoms with Crippen LogP contribution in [0.3, 0.4) is 0 Å². The summed E-state index contributed by atoms with van der Waals surface area (Å²) in [5.41, 5.74) is 0. The topological polar surface area (TPSA) is 79.5 Å². The number of thioether (sulfide) groups is 1. The number of rotatable bonds is 5. The van der Waals surface area contributed by atoms with Crippen LogP contribution in [-0.4, -0.2) is 56.7 Å². The number of likely N-dealkylation sites (tertiary alicyclic amines) is 2. The zero-order valence-electron chi connectivity index (χ0n) is 15.1. The van der Waals surface area contributed by atoms with Crippen LogP contribution >= 0.6 is 11.8 Å². The van der Waals surface area contributed by atoms with Crippen molar-refractivity contribution in [3.8, 4) is 0 Å². The van der Waals surface area contributed by atoms with Crippen LogP contribution in [0.25, 0.3) is 0 Å². The largest absolute Gasteiger partial charge is 0.414 e. The van der Waals surface area contributed by atoms with E-state index in [0.717, 1.165) is 32.4 Å². The lowest BCUT2D eigenvalue weighted by Crippen LogP contribution is -2.50. The Morgan fingerprint density at radius 1 is 1.12 bits per heavy atom. The van der Waals surface area contributed by atoms with Crippen molar-refractivity contribution in [1.29, 1.82) is 0 Å². The molecule has 0 bridgehead atoms. The predicted octanol–water partition coefficient (Wildman–Crippen LogP) is 2.47. The number of piperidine rings is 1. The van der Waals surface area contributed by atoms with E-state index >= 15 is 0 Å². The summed E-state index contributed by atoms with van der Waals surface area (Å²) in [7, 11) is 0. The van der Waals surface area contributed by atoms with Crippen molar-refractivity contribution in [3.63, 3.8) is 0 Å². The lowest BCUT2D eigenvalue weighted by Gasteiger charge is -2.44. The molecule has 2 unspecified atom stereocenters. The summed E-state index contributed by atoms with van der Waals surface area (Å²) in [4.78, 5) is 28.2. The van der Waals surface area contributed by atoms with Gasteiger partial charge in [-0.15, -0.1) is 10.2 Å². The van der Waals surface area contributed by atoms with Crippen LogP contribution in [0, 0.1) is 5.92 Å². The van der Waals surface area contributed by atoms with Crippen molar-refractivity contribution in [3.05, 3.63) is 5.89 Å². The van der Waals surface area contributed by atoms with Gasteiger partial charge < -0.3 is 14.2 Å². The second-order valence-electron chi connectivity index (χ2n) is 7.51. The molecule has 2 amide bonds. The standard InChI is InChI=1S/C18H26N4O3S/c23-16-8-4-9-21(16)11-15-19-20-18(25-15)26-12-17(24)22-10-3-6-13-5-1-2-7-14(13)22/h13-14H,1-12H2. The van der Waals surface area contributed by atoms with Gasteiger partial charge in [0.05, 0.1) is 12.3 Å². The highest BCUT2D eigenvalue weighted by Gasteiger charge is 2.35. The molecule has 3 heterocycles. The molecule has 2 saturated heterocycles. The van der Waals surface area contributed by atoms with E-state index < -0.39 is 0 Å².